The van der Waals surface area contributed by atoms with Gasteiger partial charge in [-0.2, -0.15) is 0 Å². The summed E-state index contributed by atoms with van der Waals surface area (Å²) >= 11 is 0. The topological polar surface area (TPSA) is 29.5 Å². The molecule has 0 aliphatic carbocycles. The maximum atomic E-state index is 9.40. The summed E-state index contributed by atoms with van der Waals surface area (Å²) < 4.78 is 5.62. The predicted molar refractivity (Wildman–Crippen MR) is 71.5 cm³/mol. The van der Waals surface area contributed by atoms with Crippen LogP contribution in [0.1, 0.15) is 45.1 Å². The standard InChI is InChI=1S/C15H24O2/c1-3-6-13-8-10-15(11-9-13)17-12-5-7-14(16)4-2/h8-11,14,16H,3-7,12H2,1-2H3. The van der Waals surface area contributed by atoms with E-state index in [1.54, 1.807) is 0 Å². The summed E-state index contributed by atoms with van der Waals surface area (Å²) in [5.41, 5.74) is 1.36. The van der Waals surface area contributed by atoms with Gasteiger partial charge in [0, 0.05) is 0 Å². The van der Waals surface area contributed by atoms with Crippen molar-refractivity contribution < 1.29 is 9.84 Å². The molecule has 1 aromatic rings. The van der Waals surface area contributed by atoms with E-state index in [-0.39, 0.29) is 6.10 Å². The fourth-order valence-electron chi connectivity index (χ4n) is 1.75. The van der Waals surface area contributed by atoms with E-state index in [9.17, 15) is 5.11 Å². The molecule has 0 aliphatic rings. The lowest BCUT2D eigenvalue weighted by Gasteiger charge is -2.09. The third-order valence-electron chi connectivity index (χ3n) is 2.88. The third kappa shape index (κ3) is 5.73. The Hall–Kier alpha value is -1.02. The van der Waals surface area contributed by atoms with Gasteiger partial charge in [0.2, 0.25) is 0 Å². The first kappa shape index (κ1) is 14.0. The molecule has 1 rings (SSSR count). The van der Waals surface area contributed by atoms with Gasteiger partial charge in [0.1, 0.15) is 5.75 Å². The van der Waals surface area contributed by atoms with E-state index in [0.29, 0.717) is 6.61 Å². The van der Waals surface area contributed by atoms with Crippen LogP contribution in [-0.2, 0) is 6.42 Å². The molecule has 0 saturated carbocycles. The van der Waals surface area contributed by atoms with Gasteiger partial charge in [-0.3, -0.25) is 0 Å². The van der Waals surface area contributed by atoms with Crippen LogP contribution in [0.25, 0.3) is 0 Å². The van der Waals surface area contributed by atoms with Crippen molar-refractivity contribution in [1.29, 1.82) is 0 Å². The Labute approximate surface area is 105 Å². The van der Waals surface area contributed by atoms with Crippen molar-refractivity contribution >= 4 is 0 Å². The molecule has 0 aromatic heterocycles. The number of hydrogen-bond donors (Lipinski definition) is 1. The van der Waals surface area contributed by atoms with Crippen LogP contribution in [0, 0.1) is 0 Å². The lowest BCUT2D eigenvalue weighted by molar-refractivity contribution is 0.149. The Morgan fingerprint density at radius 3 is 2.47 bits per heavy atom. The van der Waals surface area contributed by atoms with E-state index in [1.807, 2.05) is 19.1 Å². The molecule has 0 fully saturated rings. The lowest BCUT2D eigenvalue weighted by Crippen LogP contribution is -2.07. The van der Waals surface area contributed by atoms with Crippen LogP contribution in [0.5, 0.6) is 5.75 Å². The molecule has 1 N–H and O–H groups in total. The van der Waals surface area contributed by atoms with Gasteiger partial charge in [-0.15, -0.1) is 0 Å². The molecule has 1 atom stereocenters. The molecule has 17 heavy (non-hydrogen) atoms. The molecule has 96 valence electrons. The van der Waals surface area contributed by atoms with Gasteiger partial charge in [0.05, 0.1) is 12.7 Å². The molecule has 1 unspecified atom stereocenters. The lowest BCUT2D eigenvalue weighted by atomic mass is 10.1. The molecule has 0 amide bonds. The number of rotatable bonds is 8. The molecule has 0 saturated heterocycles. The Kier molecular flexibility index (Phi) is 6.71. The first-order valence-electron chi connectivity index (χ1n) is 6.66. The van der Waals surface area contributed by atoms with Crippen molar-refractivity contribution in [2.75, 3.05) is 6.61 Å². The summed E-state index contributed by atoms with van der Waals surface area (Å²) in [6.45, 7) is 4.87. The molecule has 2 nitrogen and oxygen atoms in total. The van der Waals surface area contributed by atoms with Crippen LogP contribution in [0.3, 0.4) is 0 Å². The fraction of sp³-hybridized carbons (Fsp3) is 0.600. The summed E-state index contributed by atoms with van der Waals surface area (Å²) in [4.78, 5) is 0. The number of aryl methyl sites for hydroxylation is 1. The van der Waals surface area contributed by atoms with Gasteiger partial charge >= 0.3 is 0 Å². The number of ether oxygens (including phenoxy) is 1. The molecule has 0 bridgehead atoms. The van der Waals surface area contributed by atoms with Crippen LogP contribution in [0.15, 0.2) is 24.3 Å². The monoisotopic (exact) mass is 236 g/mol. The first-order valence-corrected chi connectivity index (χ1v) is 6.66. The van der Waals surface area contributed by atoms with Crippen molar-refractivity contribution in [3.63, 3.8) is 0 Å². The molecule has 1 aromatic carbocycles. The van der Waals surface area contributed by atoms with Crippen LogP contribution in [0.4, 0.5) is 0 Å². The maximum absolute atomic E-state index is 9.40. The normalized spacial score (nSPS) is 12.4. The van der Waals surface area contributed by atoms with Gasteiger partial charge in [-0.1, -0.05) is 32.4 Å². The average Bonchev–Trinajstić information content (AvgIpc) is 2.36. The van der Waals surface area contributed by atoms with Crippen molar-refractivity contribution in [2.24, 2.45) is 0 Å². The zero-order valence-electron chi connectivity index (χ0n) is 11.0. The van der Waals surface area contributed by atoms with Crippen molar-refractivity contribution in [3.8, 4) is 5.75 Å². The van der Waals surface area contributed by atoms with Gasteiger partial charge in [0.25, 0.3) is 0 Å². The minimum atomic E-state index is -0.175. The molecule has 0 heterocycles. The second-order valence-corrected chi connectivity index (χ2v) is 4.45. The van der Waals surface area contributed by atoms with Crippen molar-refractivity contribution in [3.05, 3.63) is 29.8 Å². The van der Waals surface area contributed by atoms with E-state index in [0.717, 1.165) is 31.4 Å². The Bertz CT molecular complexity index is 292. The van der Waals surface area contributed by atoms with E-state index in [4.69, 9.17) is 4.74 Å². The molecule has 0 spiro atoms. The minimum Gasteiger partial charge on any atom is -0.494 e. The Morgan fingerprint density at radius 1 is 1.18 bits per heavy atom. The number of benzene rings is 1. The average molecular weight is 236 g/mol. The van der Waals surface area contributed by atoms with Gasteiger partial charge < -0.3 is 9.84 Å². The molecular weight excluding hydrogens is 212 g/mol. The SMILES string of the molecule is CCCc1ccc(OCCCC(O)CC)cc1. The predicted octanol–water partition coefficient (Wildman–Crippen LogP) is 3.57. The van der Waals surface area contributed by atoms with Crippen LogP contribution < -0.4 is 4.74 Å². The highest BCUT2D eigenvalue weighted by Gasteiger charge is 2.00. The minimum absolute atomic E-state index is 0.175. The van der Waals surface area contributed by atoms with E-state index < -0.39 is 0 Å². The van der Waals surface area contributed by atoms with Crippen molar-refractivity contribution in [1.82, 2.24) is 0 Å². The summed E-state index contributed by atoms with van der Waals surface area (Å²) in [5.74, 6) is 0.927. The molecule has 0 radical (unpaired) electrons. The molecular formula is C15H24O2. The highest BCUT2D eigenvalue weighted by Crippen LogP contribution is 2.14. The number of hydrogen-bond acceptors (Lipinski definition) is 2. The largest absolute Gasteiger partial charge is 0.494 e. The highest BCUT2D eigenvalue weighted by atomic mass is 16.5. The van der Waals surface area contributed by atoms with E-state index >= 15 is 0 Å². The first-order chi connectivity index (χ1) is 8.26. The van der Waals surface area contributed by atoms with Gasteiger partial charge in [0.15, 0.2) is 0 Å². The second kappa shape index (κ2) is 8.13. The van der Waals surface area contributed by atoms with Crippen LogP contribution in [-0.4, -0.2) is 17.8 Å². The van der Waals surface area contributed by atoms with E-state index in [2.05, 4.69) is 19.1 Å². The maximum Gasteiger partial charge on any atom is 0.119 e. The number of aliphatic hydroxyl groups is 1. The number of aliphatic hydroxyl groups excluding tert-OH is 1. The molecule has 0 aliphatic heterocycles. The van der Waals surface area contributed by atoms with Gasteiger partial charge in [-0.05, 0) is 43.4 Å². The van der Waals surface area contributed by atoms with Crippen LogP contribution >= 0.6 is 0 Å². The fourth-order valence-corrected chi connectivity index (χ4v) is 1.75. The summed E-state index contributed by atoms with van der Waals surface area (Å²) in [6.07, 6.45) is 4.69. The Balaban J connectivity index is 2.23. The second-order valence-electron chi connectivity index (χ2n) is 4.45. The highest BCUT2D eigenvalue weighted by molar-refractivity contribution is 5.27. The Morgan fingerprint density at radius 2 is 1.88 bits per heavy atom. The van der Waals surface area contributed by atoms with Crippen molar-refractivity contribution in [2.45, 2.75) is 52.1 Å². The third-order valence-corrected chi connectivity index (χ3v) is 2.88. The summed E-state index contributed by atoms with van der Waals surface area (Å²) in [5, 5.41) is 9.40. The van der Waals surface area contributed by atoms with E-state index in [1.165, 1.54) is 12.0 Å². The summed E-state index contributed by atoms with van der Waals surface area (Å²) in [7, 11) is 0. The van der Waals surface area contributed by atoms with Gasteiger partial charge in [-0.25, -0.2) is 0 Å². The van der Waals surface area contributed by atoms with Crippen LogP contribution in [0.2, 0.25) is 0 Å². The quantitative estimate of drug-likeness (QED) is 0.699. The smallest absolute Gasteiger partial charge is 0.119 e. The zero-order chi connectivity index (χ0) is 12.5. The molecule has 2 heteroatoms. The summed E-state index contributed by atoms with van der Waals surface area (Å²) in [6, 6.07) is 8.31. The zero-order valence-corrected chi connectivity index (χ0v) is 11.0.